The molecule has 356 valence electrons. The summed E-state index contributed by atoms with van der Waals surface area (Å²) in [5.74, 6) is -0.833. The Labute approximate surface area is 380 Å². The molecule has 2 atom stereocenters. The largest absolute Gasteiger partial charge is 0.472 e. The molecule has 0 aliphatic rings. The number of unbranched alkanes of at least 4 members (excludes halogenated alkanes) is 15. The Morgan fingerprint density at radius 3 is 1.37 bits per heavy atom. The summed E-state index contributed by atoms with van der Waals surface area (Å²) < 4.78 is 34.4. The zero-order valence-electron chi connectivity index (χ0n) is 40.1. The molecule has 0 amide bonds. The Balaban J connectivity index is 4.34. The smallest absolute Gasteiger partial charge is 0.462 e. The highest BCUT2D eigenvalue weighted by molar-refractivity contribution is 7.47. The Morgan fingerprint density at radius 2 is 0.919 bits per heavy atom. The first-order valence-corrected chi connectivity index (χ1v) is 25.8. The van der Waals surface area contributed by atoms with Crippen LogP contribution in [0.25, 0.3) is 0 Å². The number of likely N-dealkylation sites (N-methyl/N-ethyl adjacent to an activating group) is 1. The van der Waals surface area contributed by atoms with Crippen LogP contribution in [0.2, 0.25) is 0 Å². The molecule has 0 aliphatic carbocycles. The van der Waals surface area contributed by atoms with Crippen LogP contribution in [0, 0.1) is 0 Å². The monoisotopic (exact) mass is 889 g/mol. The topological polar surface area (TPSA) is 108 Å². The lowest BCUT2D eigenvalue weighted by atomic mass is 10.1. The molecule has 9 nitrogen and oxygen atoms in total. The molecule has 0 saturated carbocycles. The highest BCUT2D eigenvalue weighted by Crippen LogP contribution is 2.43. The summed E-state index contributed by atoms with van der Waals surface area (Å²) in [4.78, 5) is 35.5. The van der Waals surface area contributed by atoms with Crippen molar-refractivity contribution in [2.75, 3.05) is 47.5 Å². The number of rotatable bonds is 43. The van der Waals surface area contributed by atoms with Crippen molar-refractivity contribution in [1.29, 1.82) is 0 Å². The van der Waals surface area contributed by atoms with E-state index in [0.717, 1.165) is 96.3 Å². The van der Waals surface area contributed by atoms with Crippen molar-refractivity contribution in [3.05, 3.63) is 85.1 Å². The van der Waals surface area contributed by atoms with E-state index in [1.807, 2.05) is 21.1 Å². The van der Waals surface area contributed by atoms with Crippen molar-refractivity contribution in [2.24, 2.45) is 0 Å². The zero-order valence-corrected chi connectivity index (χ0v) is 41.0. The molecule has 2 unspecified atom stereocenters. The summed E-state index contributed by atoms with van der Waals surface area (Å²) in [6.07, 6.45) is 56.3. The van der Waals surface area contributed by atoms with Gasteiger partial charge in [0.1, 0.15) is 19.8 Å². The van der Waals surface area contributed by atoms with Gasteiger partial charge in [-0.05, 0) is 89.9 Å². The van der Waals surface area contributed by atoms with Crippen molar-refractivity contribution in [3.63, 3.8) is 0 Å². The standard InChI is InChI=1S/C52H90NO8P/c1-6-8-10-12-14-16-18-20-22-23-24-25-26-27-28-29-31-33-35-37-39-41-43-45-52(55)61-50(49-60-62(56,57)59-47-46-53(3,4)5)48-58-51(54)44-42-40-38-36-34-32-30-21-19-17-15-13-11-9-7-2/h8,10,14-17,20-22,24-25,27-28,30,50H,6-7,9,11-13,18-19,23,26,29,31-49H2,1-5H3/p+1/b10-8-,16-14-,17-15-,22-20-,25-24-,28-27-,30-21-. The van der Waals surface area contributed by atoms with Crippen molar-refractivity contribution in [2.45, 2.75) is 187 Å². The predicted molar refractivity (Wildman–Crippen MR) is 261 cm³/mol. The number of nitrogens with zero attached hydrogens (tertiary/aromatic N) is 1. The molecule has 0 radical (unpaired) electrons. The van der Waals surface area contributed by atoms with Crippen molar-refractivity contribution < 1.29 is 42.1 Å². The zero-order chi connectivity index (χ0) is 45.7. The van der Waals surface area contributed by atoms with Crippen molar-refractivity contribution in [1.82, 2.24) is 0 Å². The number of ether oxygens (including phenoxy) is 2. The lowest BCUT2D eigenvalue weighted by Gasteiger charge is -2.24. The van der Waals surface area contributed by atoms with Gasteiger partial charge in [-0.1, -0.05) is 163 Å². The highest BCUT2D eigenvalue weighted by Gasteiger charge is 2.27. The number of carbonyl (C=O) groups is 2. The molecule has 0 aliphatic heterocycles. The van der Waals surface area contributed by atoms with Crippen molar-refractivity contribution >= 4 is 19.8 Å². The molecule has 0 rings (SSSR count). The number of hydrogen-bond donors (Lipinski definition) is 1. The maximum absolute atomic E-state index is 12.7. The molecule has 0 saturated heterocycles. The first kappa shape index (κ1) is 59.2. The van der Waals surface area contributed by atoms with Crippen molar-refractivity contribution in [3.8, 4) is 0 Å². The van der Waals surface area contributed by atoms with E-state index in [4.69, 9.17) is 18.5 Å². The molecule has 1 N–H and O–H groups in total. The van der Waals surface area contributed by atoms with Crippen LogP contribution < -0.4 is 0 Å². The molecule has 0 fully saturated rings. The van der Waals surface area contributed by atoms with Gasteiger partial charge in [0.2, 0.25) is 0 Å². The lowest BCUT2D eigenvalue weighted by molar-refractivity contribution is -0.870. The fraction of sp³-hybridized carbons (Fsp3) is 0.692. The van der Waals surface area contributed by atoms with E-state index in [9.17, 15) is 19.0 Å². The van der Waals surface area contributed by atoms with E-state index in [0.29, 0.717) is 23.9 Å². The summed E-state index contributed by atoms with van der Waals surface area (Å²) in [7, 11) is 1.45. The average molecular weight is 889 g/mol. The summed E-state index contributed by atoms with van der Waals surface area (Å²) in [5, 5.41) is 0. The lowest BCUT2D eigenvalue weighted by Crippen LogP contribution is -2.37. The fourth-order valence-electron chi connectivity index (χ4n) is 6.13. The first-order valence-electron chi connectivity index (χ1n) is 24.3. The molecule has 0 heterocycles. The molecule has 0 bridgehead atoms. The van der Waals surface area contributed by atoms with Gasteiger partial charge in [0, 0.05) is 12.8 Å². The molecule has 10 heteroatoms. The predicted octanol–water partition coefficient (Wildman–Crippen LogP) is 14.4. The molecule has 0 aromatic carbocycles. The van der Waals surface area contributed by atoms with E-state index in [2.05, 4.69) is 98.9 Å². The molecular formula is C52H91NO8P+. The van der Waals surface area contributed by atoms with Crippen LogP contribution in [0.5, 0.6) is 0 Å². The Morgan fingerprint density at radius 1 is 0.516 bits per heavy atom. The highest BCUT2D eigenvalue weighted by atomic mass is 31.2. The van der Waals surface area contributed by atoms with Gasteiger partial charge in [-0.15, -0.1) is 0 Å². The number of phosphoric acid groups is 1. The second kappa shape index (κ2) is 43.4. The van der Waals surface area contributed by atoms with Crippen LogP contribution in [-0.4, -0.2) is 74.9 Å². The van der Waals surface area contributed by atoms with E-state index in [1.54, 1.807) is 0 Å². The Hall–Kier alpha value is -2.81. The van der Waals surface area contributed by atoms with E-state index in [1.165, 1.54) is 44.9 Å². The molecular weight excluding hydrogens is 798 g/mol. The quantitative estimate of drug-likeness (QED) is 0.0212. The molecule has 62 heavy (non-hydrogen) atoms. The number of quaternary nitrogens is 1. The van der Waals surface area contributed by atoms with Crippen LogP contribution in [0.3, 0.4) is 0 Å². The number of phosphoric ester groups is 1. The van der Waals surface area contributed by atoms with E-state index in [-0.39, 0.29) is 32.0 Å². The third-order valence-corrected chi connectivity index (χ3v) is 10.9. The SMILES string of the molecule is CC/C=C\C/C=C\C/C=C\C/C=C\C/C=C\CCCCCCCCCC(=O)OC(COC(=O)CCCCCCC/C=C\C/C=C\CCCCC)COP(=O)(O)OCC[N+](C)(C)C. The minimum atomic E-state index is -4.39. The fourth-order valence-corrected chi connectivity index (χ4v) is 6.87. The third kappa shape index (κ3) is 46.7. The summed E-state index contributed by atoms with van der Waals surface area (Å²) in [6.45, 7) is 4.24. The maximum atomic E-state index is 12.7. The summed E-state index contributed by atoms with van der Waals surface area (Å²) in [5.41, 5.74) is 0. The van der Waals surface area contributed by atoms with Gasteiger partial charge in [-0.25, -0.2) is 4.57 Å². The molecule has 0 aromatic heterocycles. The van der Waals surface area contributed by atoms with Crippen LogP contribution in [0.4, 0.5) is 0 Å². The minimum absolute atomic E-state index is 0.0224. The summed E-state index contributed by atoms with van der Waals surface area (Å²) in [6, 6.07) is 0. The van der Waals surface area contributed by atoms with Gasteiger partial charge in [-0.2, -0.15) is 0 Å². The number of allylic oxidation sites excluding steroid dienone is 14. The van der Waals surface area contributed by atoms with Gasteiger partial charge in [0.15, 0.2) is 6.10 Å². The second-order valence-electron chi connectivity index (χ2n) is 17.1. The normalized spacial score (nSPS) is 14.2. The number of esters is 2. The van der Waals surface area contributed by atoms with Gasteiger partial charge in [0.25, 0.3) is 0 Å². The van der Waals surface area contributed by atoms with Gasteiger partial charge in [0.05, 0.1) is 27.7 Å². The van der Waals surface area contributed by atoms with E-state index < -0.39 is 26.5 Å². The Kier molecular flexibility index (Phi) is 41.5. The van der Waals surface area contributed by atoms with Crippen LogP contribution >= 0.6 is 7.82 Å². The van der Waals surface area contributed by atoms with E-state index >= 15 is 0 Å². The average Bonchev–Trinajstić information content (AvgIpc) is 3.23. The molecule has 0 aromatic rings. The summed E-state index contributed by atoms with van der Waals surface area (Å²) >= 11 is 0. The van der Waals surface area contributed by atoms with Crippen LogP contribution in [0.1, 0.15) is 181 Å². The van der Waals surface area contributed by atoms with Crippen LogP contribution in [0.15, 0.2) is 85.1 Å². The number of carbonyl (C=O) groups excluding carboxylic acids is 2. The first-order chi connectivity index (χ1) is 30.0. The van der Waals surface area contributed by atoms with Gasteiger partial charge in [-0.3, -0.25) is 18.6 Å². The van der Waals surface area contributed by atoms with Gasteiger partial charge >= 0.3 is 19.8 Å². The number of hydrogen-bond acceptors (Lipinski definition) is 7. The molecule has 0 spiro atoms. The second-order valence-corrected chi connectivity index (χ2v) is 18.6. The van der Waals surface area contributed by atoms with Gasteiger partial charge < -0.3 is 18.9 Å². The minimum Gasteiger partial charge on any atom is -0.462 e. The maximum Gasteiger partial charge on any atom is 0.472 e. The third-order valence-electron chi connectivity index (χ3n) is 9.91. The van der Waals surface area contributed by atoms with Crippen LogP contribution in [-0.2, 0) is 32.7 Å². The Bertz CT molecular complexity index is 1330.